The summed E-state index contributed by atoms with van der Waals surface area (Å²) in [6.45, 7) is 9.26. The Hall–Kier alpha value is -0.970. The molecule has 1 atom stereocenters. The molecule has 122 valence electrons. The Labute approximate surface area is 132 Å². The van der Waals surface area contributed by atoms with Crippen LogP contribution in [-0.4, -0.2) is 59.0 Å². The van der Waals surface area contributed by atoms with Crippen molar-refractivity contribution in [1.82, 2.24) is 9.80 Å². The maximum atomic E-state index is 12.2. The van der Waals surface area contributed by atoms with Crippen LogP contribution in [0.5, 0.6) is 0 Å². The molecule has 21 heavy (non-hydrogen) atoms. The first-order chi connectivity index (χ1) is 9.78. The minimum atomic E-state index is -0.511. The van der Waals surface area contributed by atoms with Crippen molar-refractivity contribution in [1.29, 1.82) is 0 Å². The van der Waals surface area contributed by atoms with Crippen LogP contribution in [0.15, 0.2) is 0 Å². The average molecular weight is 319 g/mol. The van der Waals surface area contributed by atoms with Crippen LogP contribution >= 0.6 is 11.6 Å². The molecule has 1 aliphatic rings. The molecule has 1 rings (SSSR count). The van der Waals surface area contributed by atoms with Gasteiger partial charge in [-0.3, -0.25) is 4.79 Å². The van der Waals surface area contributed by atoms with Crippen LogP contribution in [0.1, 0.15) is 47.0 Å². The molecule has 0 spiro atoms. The van der Waals surface area contributed by atoms with Gasteiger partial charge < -0.3 is 14.5 Å². The van der Waals surface area contributed by atoms with Gasteiger partial charge in [-0.15, -0.1) is 11.6 Å². The number of halogens is 1. The van der Waals surface area contributed by atoms with E-state index < -0.39 is 5.60 Å². The number of alkyl halides is 1. The lowest BCUT2D eigenvalue weighted by Crippen LogP contribution is -2.51. The molecule has 1 saturated heterocycles. The largest absolute Gasteiger partial charge is 0.444 e. The van der Waals surface area contributed by atoms with E-state index in [-0.39, 0.29) is 23.9 Å². The molecule has 0 aromatic rings. The number of piperidine rings is 1. The van der Waals surface area contributed by atoms with Crippen molar-refractivity contribution < 1.29 is 14.3 Å². The summed E-state index contributed by atoms with van der Waals surface area (Å²) in [6.07, 6.45) is 2.65. The zero-order valence-corrected chi connectivity index (χ0v) is 14.3. The summed E-state index contributed by atoms with van der Waals surface area (Å²) in [5.41, 5.74) is -0.511. The SMILES string of the molecule is CCN(C[C@H]1CCCCN1C(=O)CCl)C(=O)OC(C)(C)C. The molecule has 0 N–H and O–H groups in total. The van der Waals surface area contributed by atoms with Gasteiger partial charge in [0, 0.05) is 25.7 Å². The lowest BCUT2D eigenvalue weighted by atomic mass is 10.0. The maximum absolute atomic E-state index is 12.2. The van der Waals surface area contributed by atoms with Crippen molar-refractivity contribution in [2.24, 2.45) is 0 Å². The molecule has 0 bridgehead atoms. The normalized spacial score (nSPS) is 19.3. The van der Waals surface area contributed by atoms with Gasteiger partial charge in [-0.25, -0.2) is 4.79 Å². The van der Waals surface area contributed by atoms with E-state index in [2.05, 4.69) is 0 Å². The Morgan fingerprint density at radius 2 is 2.00 bits per heavy atom. The number of likely N-dealkylation sites (N-methyl/N-ethyl adjacent to an activating group) is 1. The van der Waals surface area contributed by atoms with E-state index in [4.69, 9.17) is 16.3 Å². The number of carbonyl (C=O) groups excluding carboxylic acids is 2. The van der Waals surface area contributed by atoms with Gasteiger partial charge in [-0.2, -0.15) is 0 Å². The molecule has 1 fully saturated rings. The number of carbonyl (C=O) groups is 2. The molecule has 1 heterocycles. The van der Waals surface area contributed by atoms with Crippen LogP contribution in [0, 0.1) is 0 Å². The molecular weight excluding hydrogens is 292 g/mol. The lowest BCUT2D eigenvalue weighted by Gasteiger charge is -2.38. The highest BCUT2D eigenvalue weighted by molar-refractivity contribution is 6.27. The van der Waals surface area contributed by atoms with Crippen LogP contribution in [0.3, 0.4) is 0 Å². The highest BCUT2D eigenvalue weighted by atomic mass is 35.5. The van der Waals surface area contributed by atoms with E-state index >= 15 is 0 Å². The molecule has 6 heteroatoms. The van der Waals surface area contributed by atoms with Crippen LogP contribution in [0.25, 0.3) is 0 Å². The van der Waals surface area contributed by atoms with Gasteiger partial charge in [-0.05, 0) is 47.0 Å². The highest BCUT2D eigenvalue weighted by Crippen LogP contribution is 2.19. The third kappa shape index (κ3) is 5.73. The summed E-state index contributed by atoms with van der Waals surface area (Å²) in [7, 11) is 0. The predicted molar refractivity (Wildman–Crippen MR) is 83.6 cm³/mol. The van der Waals surface area contributed by atoms with Gasteiger partial charge in [0.1, 0.15) is 11.5 Å². The minimum Gasteiger partial charge on any atom is -0.444 e. The summed E-state index contributed by atoms with van der Waals surface area (Å²) in [5, 5.41) is 0. The Morgan fingerprint density at radius 1 is 1.33 bits per heavy atom. The van der Waals surface area contributed by atoms with Crippen LogP contribution in [0.4, 0.5) is 4.79 Å². The molecule has 0 aliphatic carbocycles. The second-order valence-electron chi connectivity index (χ2n) is 6.39. The monoisotopic (exact) mass is 318 g/mol. The van der Waals surface area contributed by atoms with Crippen LogP contribution in [-0.2, 0) is 9.53 Å². The topological polar surface area (TPSA) is 49.9 Å². The molecule has 0 unspecified atom stereocenters. The predicted octanol–water partition coefficient (Wildman–Crippen LogP) is 2.86. The number of amides is 2. The summed E-state index contributed by atoms with van der Waals surface area (Å²) in [6, 6.07) is 0.0393. The number of hydrogen-bond acceptors (Lipinski definition) is 3. The summed E-state index contributed by atoms with van der Waals surface area (Å²) in [5.74, 6) is -0.0590. The number of hydrogen-bond donors (Lipinski definition) is 0. The number of nitrogens with zero attached hydrogens (tertiary/aromatic N) is 2. The minimum absolute atomic E-state index is 0.00490. The van der Waals surface area contributed by atoms with Gasteiger partial charge in [0.2, 0.25) is 5.91 Å². The number of likely N-dealkylation sites (tertiary alicyclic amines) is 1. The molecule has 0 saturated carbocycles. The molecule has 0 aromatic heterocycles. The fourth-order valence-corrected chi connectivity index (χ4v) is 2.66. The van der Waals surface area contributed by atoms with E-state index in [0.717, 1.165) is 25.8 Å². The van der Waals surface area contributed by atoms with Gasteiger partial charge >= 0.3 is 6.09 Å². The highest BCUT2D eigenvalue weighted by Gasteiger charge is 2.30. The number of rotatable bonds is 4. The smallest absolute Gasteiger partial charge is 0.410 e. The van der Waals surface area contributed by atoms with Crippen molar-refractivity contribution in [3.05, 3.63) is 0 Å². The zero-order valence-electron chi connectivity index (χ0n) is 13.5. The van der Waals surface area contributed by atoms with E-state index in [1.807, 2.05) is 32.6 Å². The molecule has 1 aliphatic heterocycles. The standard InChI is InChI=1S/C15H27ClN2O3/c1-5-17(14(20)21-15(2,3)4)11-12-8-6-7-9-18(12)13(19)10-16/h12H,5-11H2,1-4H3/t12-/m1/s1. The quantitative estimate of drug-likeness (QED) is 0.749. The van der Waals surface area contributed by atoms with E-state index in [1.54, 1.807) is 4.90 Å². The van der Waals surface area contributed by atoms with Gasteiger partial charge in [-0.1, -0.05) is 0 Å². The van der Waals surface area contributed by atoms with Gasteiger partial charge in [0.05, 0.1) is 0 Å². The van der Waals surface area contributed by atoms with Crippen molar-refractivity contribution in [3.63, 3.8) is 0 Å². The lowest BCUT2D eigenvalue weighted by molar-refractivity contribution is -0.132. The summed E-state index contributed by atoms with van der Waals surface area (Å²) < 4.78 is 5.41. The fourth-order valence-electron chi connectivity index (χ4n) is 2.51. The summed E-state index contributed by atoms with van der Waals surface area (Å²) >= 11 is 5.67. The second kappa shape index (κ2) is 7.87. The first-order valence-electron chi connectivity index (χ1n) is 7.62. The first-order valence-corrected chi connectivity index (χ1v) is 8.15. The zero-order chi connectivity index (χ0) is 16.0. The number of ether oxygens (including phenoxy) is 1. The van der Waals surface area contributed by atoms with Gasteiger partial charge in [0.25, 0.3) is 0 Å². The molecule has 5 nitrogen and oxygen atoms in total. The summed E-state index contributed by atoms with van der Waals surface area (Å²) in [4.78, 5) is 27.6. The van der Waals surface area contributed by atoms with Crippen molar-refractivity contribution in [3.8, 4) is 0 Å². The molecule has 0 radical (unpaired) electrons. The maximum Gasteiger partial charge on any atom is 0.410 e. The van der Waals surface area contributed by atoms with Crippen molar-refractivity contribution in [2.45, 2.75) is 58.6 Å². The third-order valence-corrected chi connectivity index (χ3v) is 3.75. The van der Waals surface area contributed by atoms with E-state index in [9.17, 15) is 9.59 Å². The Bertz CT molecular complexity index is 368. The van der Waals surface area contributed by atoms with E-state index in [0.29, 0.717) is 13.1 Å². The first kappa shape index (κ1) is 18.1. The van der Waals surface area contributed by atoms with Crippen molar-refractivity contribution >= 4 is 23.6 Å². The molecule has 2 amide bonds. The van der Waals surface area contributed by atoms with Crippen LogP contribution in [0.2, 0.25) is 0 Å². The van der Waals surface area contributed by atoms with Gasteiger partial charge in [0.15, 0.2) is 0 Å². The Balaban J connectivity index is 2.69. The average Bonchev–Trinajstić information content (AvgIpc) is 2.42. The Kier molecular flexibility index (Phi) is 6.78. The fraction of sp³-hybridized carbons (Fsp3) is 0.867. The van der Waals surface area contributed by atoms with Crippen LogP contribution < -0.4 is 0 Å². The second-order valence-corrected chi connectivity index (χ2v) is 6.66. The molecule has 0 aromatic carbocycles. The third-order valence-electron chi connectivity index (χ3n) is 3.53. The molecular formula is C15H27ClN2O3. The van der Waals surface area contributed by atoms with Crippen molar-refractivity contribution in [2.75, 3.05) is 25.5 Å². The van der Waals surface area contributed by atoms with E-state index in [1.165, 1.54) is 0 Å². The Morgan fingerprint density at radius 3 is 2.52 bits per heavy atom.